The standard InChI is InChI=1S/C16H18N2O3S2/c1-3-18-11-17-23(19,20)16-10-13(7-8-15(16)18)21-12-5-4-6-14(9-12)22-2/h4-10,17H,3,11H2,1-2H3. The number of fused-ring (bicyclic) bond motifs is 1. The van der Waals surface area contributed by atoms with Crippen molar-refractivity contribution in [3.05, 3.63) is 42.5 Å². The summed E-state index contributed by atoms with van der Waals surface area (Å²) in [5, 5.41) is 0. The highest BCUT2D eigenvalue weighted by Crippen LogP contribution is 2.34. The number of rotatable bonds is 4. The third-order valence-corrected chi connectivity index (χ3v) is 5.81. The maximum atomic E-state index is 12.2. The van der Waals surface area contributed by atoms with Crippen LogP contribution >= 0.6 is 11.8 Å². The fourth-order valence-electron chi connectivity index (χ4n) is 2.44. The van der Waals surface area contributed by atoms with Crippen molar-refractivity contribution in [2.75, 3.05) is 24.4 Å². The van der Waals surface area contributed by atoms with E-state index in [1.54, 1.807) is 30.0 Å². The molecule has 0 saturated carbocycles. The maximum absolute atomic E-state index is 12.2. The molecule has 23 heavy (non-hydrogen) atoms. The second-order valence-electron chi connectivity index (χ2n) is 5.07. The smallest absolute Gasteiger partial charge is 0.244 e. The molecular weight excluding hydrogens is 332 g/mol. The Hall–Kier alpha value is -1.70. The monoisotopic (exact) mass is 350 g/mol. The number of sulfonamides is 1. The molecule has 0 radical (unpaired) electrons. The van der Waals surface area contributed by atoms with E-state index in [0.717, 1.165) is 11.4 Å². The molecule has 3 rings (SSSR count). The van der Waals surface area contributed by atoms with Crippen molar-refractivity contribution in [3.63, 3.8) is 0 Å². The number of benzene rings is 2. The molecule has 122 valence electrons. The van der Waals surface area contributed by atoms with Crippen LogP contribution in [0.5, 0.6) is 11.5 Å². The van der Waals surface area contributed by atoms with E-state index in [9.17, 15) is 8.42 Å². The zero-order valence-corrected chi connectivity index (χ0v) is 14.6. The van der Waals surface area contributed by atoms with Crippen molar-refractivity contribution in [2.24, 2.45) is 0 Å². The first kappa shape index (κ1) is 16.2. The molecule has 5 nitrogen and oxygen atoms in total. The van der Waals surface area contributed by atoms with Crippen molar-refractivity contribution in [1.82, 2.24) is 4.72 Å². The van der Waals surface area contributed by atoms with Gasteiger partial charge in [0.05, 0.1) is 12.4 Å². The van der Waals surface area contributed by atoms with Gasteiger partial charge >= 0.3 is 0 Å². The molecule has 0 atom stereocenters. The van der Waals surface area contributed by atoms with Crippen LogP contribution < -0.4 is 14.4 Å². The third kappa shape index (κ3) is 3.31. The van der Waals surface area contributed by atoms with Crippen molar-refractivity contribution in [3.8, 4) is 11.5 Å². The van der Waals surface area contributed by atoms with E-state index < -0.39 is 10.0 Å². The summed E-state index contributed by atoms with van der Waals surface area (Å²) in [6.07, 6.45) is 2.00. The molecule has 0 bridgehead atoms. The molecule has 0 aromatic heterocycles. The van der Waals surface area contributed by atoms with Crippen LogP contribution in [0.25, 0.3) is 0 Å². The predicted molar refractivity (Wildman–Crippen MR) is 92.9 cm³/mol. The largest absolute Gasteiger partial charge is 0.457 e. The van der Waals surface area contributed by atoms with Gasteiger partial charge in [-0.2, -0.15) is 4.72 Å². The van der Waals surface area contributed by atoms with E-state index in [1.165, 1.54) is 0 Å². The molecule has 7 heteroatoms. The van der Waals surface area contributed by atoms with E-state index in [2.05, 4.69) is 4.72 Å². The molecule has 0 aliphatic carbocycles. The van der Waals surface area contributed by atoms with Crippen molar-refractivity contribution in [1.29, 1.82) is 0 Å². The first-order valence-electron chi connectivity index (χ1n) is 7.24. The van der Waals surface area contributed by atoms with Crippen LogP contribution in [0.2, 0.25) is 0 Å². The van der Waals surface area contributed by atoms with Crippen LogP contribution in [0.4, 0.5) is 5.69 Å². The summed E-state index contributed by atoms with van der Waals surface area (Å²) < 4.78 is 32.9. The van der Waals surface area contributed by atoms with Gasteiger partial charge in [-0.15, -0.1) is 11.8 Å². The molecular formula is C16H18N2O3S2. The van der Waals surface area contributed by atoms with Gasteiger partial charge in [0.1, 0.15) is 16.4 Å². The van der Waals surface area contributed by atoms with E-state index in [1.807, 2.05) is 42.3 Å². The van der Waals surface area contributed by atoms with Gasteiger partial charge in [-0.05, 0) is 43.5 Å². The summed E-state index contributed by atoms with van der Waals surface area (Å²) in [6.45, 7) is 3.01. The molecule has 0 amide bonds. The number of anilines is 1. The average molecular weight is 350 g/mol. The summed E-state index contributed by atoms with van der Waals surface area (Å²) in [7, 11) is -3.49. The van der Waals surface area contributed by atoms with Gasteiger partial charge in [0.15, 0.2) is 0 Å². The Bertz CT molecular complexity index is 822. The fraction of sp³-hybridized carbons (Fsp3) is 0.250. The topological polar surface area (TPSA) is 58.6 Å². The van der Waals surface area contributed by atoms with Crippen LogP contribution in [-0.2, 0) is 10.0 Å². The van der Waals surface area contributed by atoms with Gasteiger partial charge in [0, 0.05) is 17.5 Å². The molecule has 0 saturated heterocycles. The number of hydrogen-bond donors (Lipinski definition) is 1. The maximum Gasteiger partial charge on any atom is 0.244 e. The Morgan fingerprint density at radius 3 is 2.74 bits per heavy atom. The molecule has 1 aliphatic rings. The summed E-state index contributed by atoms with van der Waals surface area (Å²) in [5.41, 5.74) is 0.705. The minimum absolute atomic E-state index is 0.254. The highest BCUT2D eigenvalue weighted by molar-refractivity contribution is 7.98. The Morgan fingerprint density at radius 2 is 2.00 bits per heavy atom. The molecule has 0 spiro atoms. The average Bonchev–Trinajstić information content (AvgIpc) is 2.56. The van der Waals surface area contributed by atoms with Gasteiger partial charge in [-0.25, -0.2) is 8.42 Å². The third-order valence-electron chi connectivity index (χ3n) is 3.67. The lowest BCUT2D eigenvalue weighted by molar-refractivity contribution is 0.478. The summed E-state index contributed by atoms with van der Waals surface area (Å²) in [5.74, 6) is 1.19. The number of ether oxygens (including phenoxy) is 1. The van der Waals surface area contributed by atoms with Crippen molar-refractivity contribution < 1.29 is 13.2 Å². The van der Waals surface area contributed by atoms with E-state index in [0.29, 0.717) is 23.9 Å². The second-order valence-corrected chi connectivity index (χ2v) is 7.69. The minimum atomic E-state index is -3.49. The molecule has 1 aliphatic heterocycles. The van der Waals surface area contributed by atoms with Gasteiger partial charge in [0.25, 0.3) is 0 Å². The number of nitrogens with one attached hydrogen (secondary N) is 1. The first-order chi connectivity index (χ1) is 11.0. The SMILES string of the molecule is CCN1CNS(=O)(=O)c2cc(Oc3cccc(SC)c3)ccc21. The number of hydrogen-bond acceptors (Lipinski definition) is 5. The van der Waals surface area contributed by atoms with Crippen molar-refractivity contribution in [2.45, 2.75) is 16.7 Å². The lowest BCUT2D eigenvalue weighted by atomic mass is 10.2. The molecule has 1 heterocycles. The molecule has 0 unspecified atom stereocenters. The summed E-state index contributed by atoms with van der Waals surface area (Å²) >= 11 is 1.63. The van der Waals surface area contributed by atoms with Gasteiger partial charge in [-0.1, -0.05) is 6.07 Å². The van der Waals surface area contributed by atoms with E-state index >= 15 is 0 Å². The van der Waals surface area contributed by atoms with Crippen LogP contribution in [0.3, 0.4) is 0 Å². The Balaban J connectivity index is 1.96. The van der Waals surface area contributed by atoms with Crippen molar-refractivity contribution >= 4 is 27.5 Å². The van der Waals surface area contributed by atoms with E-state index in [-0.39, 0.29) is 4.90 Å². The highest BCUT2D eigenvalue weighted by Gasteiger charge is 2.27. The molecule has 1 N–H and O–H groups in total. The first-order valence-corrected chi connectivity index (χ1v) is 9.95. The van der Waals surface area contributed by atoms with Crippen LogP contribution in [-0.4, -0.2) is 27.9 Å². The predicted octanol–water partition coefficient (Wildman–Crippen LogP) is 3.28. The van der Waals surface area contributed by atoms with Crippen LogP contribution in [0.15, 0.2) is 52.3 Å². The normalized spacial score (nSPS) is 16.0. The van der Waals surface area contributed by atoms with Gasteiger partial charge in [-0.3, -0.25) is 0 Å². The lowest BCUT2D eigenvalue weighted by Crippen LogP contribution is -2.42. The van der Waals surface area contributed by atoms with E-state index in [4.69, 9.17) is 4.74 Å². The van der Waals surface area contributed by atoms with Gasteiger partial charge in [0.2, 0.25) is 10.0 Å². The fourth-order valence-corrected chi connectivity index (χ4v) is 4.12. The zero-order chi connectivity index (χ0) is 16.4. The Kier molecular flexibility index (Phi) is 4.52. The summed E-state index contributed by atoms with van der Waals surface area (Å²) in [6, 6.07) is 12.9. The number of thioether (sulfide) groups is 1. The van der Waals surface area contributed by atoms with Gasteiger partial charge < -0.3 is 9.64 Å². The van der Waals surface area contributed by atoms with Crippen LogP contribution in [0, 0.1) is 0 Å². The molecule has 2 aromatic rings. The summed E-state index contributed by atoms with van der Waals surface area (Å²) in [4.78, 5) is 3.31. The quantitative estimate of drug-likeness (QED) is 0.858. The molecule has 2 aromatic carbocycles. The van der Waals surface area contributed by atoms with Crippen LogP contribution in [0.1, 0.15) is 6.92 Å². The Morgan fingerprint density at radius 1 is 1.22 bits per heavy atom. The highest BCUT2D eigenvalue weighted by atomic mass is 32.2. The number of nitrogens with zero attached hydrogens (tertiary/aromatic N) is 1. The minimum Gasteiger partial charge on any atom is -0.457 e. The second kappa shape index (κ2) is 6.43. The Labute approximate surface area is 140 Å². The zero-order valence-electron chi connectivity index (χ0n) is 12.9. The lowest BCUT2D eigenvalue weighted by Gasteiger charge is -2.30. The molecule has 0 fully saturated rings.